The van der Waals surface area contributed by atoms with Gasteiger partial charge in [-0.05, 0) is 38.2 Å². The number of hydrogen-bond donors (Lipinski definition) is 2. The highest BCUT2D eigenvalue weighted by Crippen LogP contribution is 2.31. The highest BCUT2D eigenvalue weighted by molar-refractivity contribution is 7.92. The van der Waals surface area contributed by atoms with Crippen molar-refractivity contribution in [3.63, 3.8) is 0 Å². The van der Waals surface area contributed by atoms with E-state index in [1.165, 1.54) is 0 Å². The van der Waals surface area contributed by atoms with E-state index in [1.54, 1.807) is 24.3 Å². The van der Waals surface area contributed by atoms with Crippen molar-refractivity contribution in [1.29, 1.82) is 0 Å². The molecule has 9 heteroatoms. The van der Waals surface area contributed by atoms with Crippen molar-refractivity contribution in [2.75, 3.05) is 30.1 Å². The smallest absolute Gasteiger partial charge is 0.251 e. The third-order valence-electron chi connectivity index (χ3n) is 5.29. The zero-order valence-corrected chi connectivity index (χ0v) is 19.8. The average Bonchev–Trinajstić information content (AvgIpc) is 3.23. The number of nitrogens with zero attached hydrogens (tertiary/aromatic N) is 2. The summed E-state index contributed by atoms with van der Waals surface area (Å²) in [5, 5.41) is 6.86. The fraction of sp³-hybridized carbons (Fsp3) is 0.333. The van der Waals surface area contributed by atoms with Crippen LogP contribution in [-0.2, 0) is 16.6 Å². The maximum absolute atomic E-state index is 12.9. The van der Waals surface area contributed by atoms with Crippen LogP contribution < -0.4 is 10.0 Å². The van der Waals surface area contributed by atoms with Crippen LogP contribution in [0, 0.1) is 0 Å². The summed E-state index contributed by atoms with van der Waals surface area (Å²) < 4.78 is 33.8. The third-order valence-corrected chi connectivity index (χ3v) is 6.64. The van der Waals surface area contributed by atoms with Crippen LogP contribution in [0.1, 0.15) is 36.4 Å². The molecule has 8 nitrogen and oxygen atoms in total. The number of amides is 1. The molecular formula is C24H30N4O4S. The van der Waals surface area contributed by atoms with Gasteiger partial charge in [-0.25, -0.2) is 8.42 Å². The number of carbonyl (C=O) groups excluding carboxylic acids is 1. The van der Waals surface area contributed by atoms with E-state index in [9.17, 15) is 13.2 Å². The topological polar surface area (TPSA) is 105 Å². The maximum atomic E-state index is 12.9. The Morgan fingerprint density at radius 2 is 1.64 bits per heavy atom. The van der Waals surface area contributed by atoms with Gasteiger partial charge in [-0.1, -0.05) is 67.5 Å². The van der Waals surface area contributed by atoms with Gasteiger partial charge in [0.15, 0.2) is 5.76 Å². The molecule has 0 spiro atoms. The molecule has 0 bridgehead atoms. The molecule has 3 aromatic rings. The Morgan fingerprint density at radius 3 is 2.27 bits per heavy atom. The van der Waals surface area contributed by atoms with Crippen LogP contribution in [0.5, 0.6) is 0 Å². The van der Waals surface area contributed by atoms with Gasteiger partial charge >= 0.3 is 0 Å². The van der Waals surface area contributed by atoms with Gasteiger partial charge in [-0.3, -0.25) is 9.52 Å². The number of benzene rings is 2. The molecule has 2 N–H and O–H groups in total. The number of rotatable bonds is 12. The van der Waals surface area contributed by atoms with Crippen molar-refractivity contribution in [1.82, 2.24) is 15.4 Å². The number of sulfonamides is 1. The SMILES string of the molecule is CCN(CC)CCCS(=O)(=O)Nc1c(-c2ccccc2)noc1CNC(=O)c1ccccc1. The van der Waals surface area contributed by atoms with Crippen LogP contribution in [0.15, 0.2) is 65.2 Å². The van der Waals surface area contributed by atoms with Gasteiger partial charge in [-0.2, -0.15) is 0 Å². The fourth-order valence-electron chi connectivity index (χ4n) is 3.42. The van der Waals surface area contributed by atoms with Gasteiger partial charge < -0.3 is 14.7 Å². The number of aromatic nitrogens is 1. The first-order chi connectivity index (χ1) is 15.9. The molecule has 0 aliphatic heterocycles. The molecule has 1 aromatic heterocycles. The lowest BCUT2D eigenvalue weighted by molar-refractivity contribution is 0.0947. The molecule has 0 fully saturated rings. The molecule has 176 valence electrons. The van der Waals surface area contributed by atoms with E-state index in [-0.39, 0.29) is 29.7 Å². The Labute approximate surface area is 195 Å². The van der Waals surface area contributed by atoms with E-state index in [0.717, 1.165) is 13.1 Å². The lowest BCUT2D eigenvalue weighted by Crippen LogP contribution is -2.27. The summed E-state index contributed by atoms with van der Waals surface area (Å²) in [6.07, 6.45) is 0.503. The van der Waals surface area contributed by atoms with Crippen molar-refractivity contribution >= 4 is 21.6 Å². The van der Waals surface area contributed by atoms with E-state index < -0.39 is 10.0 Å². The summed E-state index contributed by atoms with van der Waals surface area (Å²) in [6.45, 7) is 6.54. The molecule has 0 aliphatic carbocycles. The highest BCUT2D eigenvalue weighted by Gasteiger charge is 2.23. The van der Waals surface area contributed by atoms with Crippen molar-refractivity contribution in [3.8, 4) is 11.3 Å². The maximum Gasteiger partial charge on any atom is 0.251 e. The summed E-state index contributed by atoms with van der Waals surface area (Å²) in [5.41, 5.74) is 1.84. The largest absolute Gasteiger partial charge is 0.357 e. The van der Waals surface area contributed by atoms with Gasteiger partial charge in [0.05, 0.1) is 12.3 Å². The Kier molecular flexibility index (Phi) is 8.62. The Bertz CT molecular complexity index is 1130. The summed E-state index contributed by atoms with van der Waals surface area (Å²) in [6, 6.07) is 17.9. The normalized spacial score (nSPS) is 11.5. The van der Waals surface area contributed by atoms with E-state index in [0.29, 0.717) is 29.8 Å². The zero-order chi connectivity index (χ0) is 23.7. The quantitative estimate of drug-likeness (QED) is 0.418. The molecule has 0 atom stereocenters. The fourth-order valence-corrected chi connectivity index (χ4v) is 4.55. The van der Waals surface area contributed by atoms with Crippen molar-refractivity contribution in [2.24, 2.45) is 0 Å². The standard InChI is InChI=1S/C24H30N4O4S/c1-3-28(4-2)16-11-17-33(30,31)27-23-21(18-25-24(29)20-14-9-6-10-15-20)32-26-22(23)19-12-7-5-8-13-19/h5-10,12-15,27H,3-4,11,16-18H2,1-2H3,(H,25,29). The third kappa shape index (κ3) is 6.90. The first-order valence-corrected chi connectivity index (χ1v) is 12.7. The summed E-state index contributed by atoms with van der Waals surface area (Å²) in [5.74, 6) is -0.0784. The van der Waals surface area contributed by atoms with Crippen LogP contribution >= 0.6 is 0 Å². The van der Waals surface area contributed by atoms with Gasteiger partial charge in [0.25, 0.3) is 5.91 Å². The minimum absolute atomic E-state index is 0.00907. The minimum atomic E-state index is -3.65. The second-order valence-electron chi connectivity index (χ2n) is 7.55. The first-order valence-electron chi connectivity index (χ1n) is 11.0. The zero-order valence-electron chi connectivity index (χ0n) is 19.0. The molecule has 2 aromatic carbocycles. The van der Waals surface area contributed by atoms with Gasteiger partial charge in [-0.15, -0.1) is 0 Å². The predicted octanol–water partition coefficient (Wildman–Crippen LogP) is 3.75. The van der Waals surface area contributed by atoms with Gasteiger partial charge in [0.1, 0.15) is 11.4 Å². The van der Waals surface area contributed by atoms with Gasteiger partial charge in [0, 0.05) is 11.1 Å². The molecule has 1 heterocycles. The Hall–Kier alpha value is -3.17. The number of anilines is 1. The second kappa shape index (κ2) is 11.6. The van der Waals surface area contributed by atoms with E-state index >= 15 is 0 Å². The van der Waals surface area contributed by atoms with E-state index in [1.807, 2.05) is 36.4 Å². The summed E-state index contributed by atoms with van der Waals surface area (Å²) >= 11 is 0. The summed E-state index contributed by atoms with van der Waals surface area (Å²) in [7, 11) is -3.65. The lowest BCUT2D eigenvalue weighted by atomic mass is 10.1. The van der Waals surface area contributed by atoms with E-state index in [4.69, 9.17) is 4.52 Å². The Morgan fingerprint density at radius 1 is 1.00 bits per heavy atom. The number of carbonyl (C=O) groups is 1. The molecule has 33 heavy (non-hydrogen) atoms. The van der Waals surface area contributed by atoms with Crippen LogP contribution in [0.4, 0.5) is 5.69 Å². The molecule has 3 rings (SSSR count). The molecule has 1 amide bonds. The molecule has 0 saturated heterocycles. The lowest BCUT2D eigenvalue weighted by Gasteiger charge is -2.17. The van der Waals surface area contributed by atoms with E-state index in [2.05, 4.69) is 33.9 Å². The average molecular weight is 471 g/mol. The summed E-state index contributed by atoms with van der Waals surface area (Å²) in [4.78, 5) is 14.6. The van der Waals surface area contributed by atoms with Crippen LogP contribution in [-0.4, -0.2) is 49.8 Å². The highest BCUT2D eigenvalue weighted by atomic mass is 32.2. The molecule has 0 unspecified atom stereocenters. The van der Waals surface area contributed by atoms with Crippen LogP contribution in [0.3, 0.4) is 0 Å². The van der Waals surface area contributed by atoms with Crippen LogP contribution in [0.2, 0.25) is 0 Å². The number of hydrogen-bond acceptors (Lipinski definition) is 6. The van der Waals surface area contributed by atoms with Crippen molar-refractivity contribution in [2.45, 2.75) is 26.8 Å². The number of nitrogens with one attached hydrogen (secondary N) is 2. The monoisotopic (exact) mass is 470 g/mol. The second-order valence-corrected chi connectivity index (χ2v) is 9.39. The van der Waals surface area contributed by atoms with Crippen molar-refractivity contribution < 1.29 is 17.7 Å². The van der Waals surface area contributed by atoms with Gasteiger partial charge in [0.2, 0.25) is 10.0 Å². The first kappa shape index (κ1) is 24.5. The van der Waals surface area contributed by atoms with Crippen LogP contribution in [0.25, 0.3) is 11.3 Å². The Balaban J connectivity index is 1.78. The van der Waals surface area contributed by atoms with Crippen molar-refractivity contribution in [3.05, 3.63) is 72.0 Å². The molecule has 0 saturated carbocycles. The molecule has 0 radical (unpaired) electrons. The minimum Gasteiger partial charge on any atom is -0.357 e. The molecule has 0 aliphatic rings. The molecular weight excluding hydrogens is 440 g/mol. The predicted molar refractivity (Wildman–Crippen MR) is 129 cm³/mol.